The molecule has 23 heavy (non-hydrogen) atoms. The van der Waals surface area contributed by atoms with E-state index in [1.165, 1.54) is 0 Å². The van der Waals surface area contributed by atoms with Crippen molar-refractivity contribution in [2.75, 3.05) is 0 Å². The zero-order valence-corrected chi connectivity index (χ0v) is 13.3. The first kappa shape index (κ1) is 15.6. The van der Waals surface area contributed by atoms with Gasteiger partial charge in [-0.15, -0.1) is 0 Å². The monoisotopic (exact) mass is 319 g/mol. The van der Waals surface area contributed by atoms with Crippen molar-refractivity contribution in [1.29, 1.82) is 0 Å². The molecular formula is C16H21N3O4. The van der Waals surface area contributed by atoms with Gasteiger partial charge in [0.25, 0.3) is 5.91 Å². The molecule has 1 amide bonds. The van der Waals surface area contributed by atoms with E-state index in [2.05, 4.69) is 10.4 Å². The largest absolute Gasteiger partial charge is 0.485 e. The molecule has 7 nitrogen and oxygen atoms in total. The van der Waals surface area contributed by atoms with Gasteiger partial charge in [-0.25, -0.2) is 0 Å². The number of rotatable bonds is 5. The second-order valence-corrected chi connectivity index (χ2v) is 5.90. The minimum atomic E-state index is -0.270. The number of nitrogens with zero attached hydrogens (tertiary/aromatic N) is 2. The summed E-state index contributed by atoms with van der Waals surface area (Å²) in [5.74, 6) is 1.08. The van der Waals surface area contributed by atoms with Gasteiger partial charge >= 0.3 is 0 Å². The molecule has 2 atom stereocenters. The number of aryl methyl sites for hydroxylation is 2. The quantitative estimate of drug-likeness (QED) is 0.872. The number of hydrogen-bond acceptors (Lipinski definition) is 5. The summed E-state index contributed by atoms with van der Waals surface area (Å²) in [6.07, 6.45) is 6.15. The maximum atomic E-state index is 12.4. The van der Waals surface area contributed by atoms with Crippen LogP contribution in [0, 0.1) is 6.92 Å². The topological polar surface area (TPSA) is 89.5 Å². The highest BCUT2D eigenvalue weighted by molar-refractivity contribution is 5.93. The van der Waals surface area contributed by atoms with E-state index in [0.717, 1.165) is 19.3 Å². The van der Waals surface area contributed by atoms with Crippen molar-refractivity contribution in [3.63, 3.8) is 0 Å². The third kappa shape index (κ3) is 3.39. The highest BCUT2D eigenvalue weighted by Crippen LogP contribution is 2.25. The van der Waals surface area contributed by atoms with Crippen molar-refractivity contribution in [2.45, 2.75) is 44.9 Å². The molecule has 7 heteroatoms. The van der Waals surface area contributed by atoms with Crippen molar-refractivity contribution >= 4 is 5.91 Å². The van der Waals surface area contributed by atoms with Gasteiger partial charge in [-0.1, -0.05) is 0 Å². The fraction of sp³-hybridized carbons (Fsp3) is 0.500. The molecule has 2 aromatic heterocycles. The van der Waals surface area contributed by atoms with Crippen LogP contribution in [-0.2, 0) is 13.7 Å². The van der Waals surface area contributed by atoms with Crippen molar-refractivity contribution in [2.24, 2.45) is 7.05 Å². The van der Waals surface area contributed by atoms with Crippen LogP contribution in [0.2, 0.25) is 0 Å². The molecule has 2 aromatic rings. The Morgan fingerprint density at radius 3 is 3.04 bits per heavy atom. The first-order valence-electron chi connectivity index (χ1n) is 7.73. The number of carbonyl (C=O) groups excluding carboxylic acids is 1. The van der Waals surface area contributed by atoms with E-state index in [0.29, 0.717) is 17.1 Å². The van der Waals surface area contributed by atoms with Gasteiger partial charge in [0.1, 0.15) is 18.5 Å². The van der Waals surface area contributed by atoms with E-state index >= 15 is 0 Å². The fourth-order valence-electron chi connectivity index (χ4n) is 2.95. The molecule has 1 fully saturated rings. The van der Waals surface area contributed by atoms with Crippen LogP contribution in [-0.4, -0.2) is 32.9 Å². The number of ether oxygens (including phenoxy) is 1. The minimum absolute atomic E-state index is 0.0650. The third-order valence-electron chi connectivity index (χ3n) is 4.07. The normalized spacial score (nSPS) is 20.7. The lowest BCUT2D eigenvalue weighted by Gasteiger charge is -2.21. The van der Waals surface area contributed by atoms with Gasteiger partial charge in [-0.05, 0) is 32.3 Å². The molecule has 0 radical (unpaired) electrons. The van der Waals surface area contributed by atoms with Crippen molar-refractivity contribution in [3.8, 4) is 5.75 Å². The SMILES string of the molecule is Cc1cc(CO)oc1C(=O)N[C@H]1CCC[C@H]1Oc1cnn(C)c1. The van der Waals surface area contributed by atoms with Crippen molar-refractivity contribution < 1.29 is 19.1 Å². The van der Waals surface area contributed by atoms with E-state index in [-0.39, 0.29) is 30.4 Å². The first-order chi connectivity index (χ1) is 11.1. The zero-order valence-electron chi connectivity index (χ0n) is 13.3. The summed E-state index contributed by atoms with van der Waals surface area (Å²) in [5, 5.41) is 16.2. The molecule has 0 unspecified atom stereocenters. The summed E-state index contributed by atoms with van der Waals surface area (Å²) >= 11 is 0. The molecule has 0 aliphatic heterocycles. The van der Waals surface area contributed by atoms with Crippen LogP contribution in [0.3, 0.4) is 0 Å². The Bertz CT molecular complexity index is 691. The van der Waals surface area contributed by atoms with Gasteiger partial charge in [0.05, 0.1) is 18.4 Å². The molecular weight excluding hydrogens is 298 g/mol. The van der Waals surface area contributed by atoms with E-state index < -0.39 is 0 Å². The Hall–Kier alpha value is -2.28. The van der Waals surface area contributed by atoms with Crippen LogP contribution in [0.1, 0.15) is 41.1 Å². The molecule has 2 N–H and O–H groups in total. The molecule has 0 saturated heterocycles. The lowest BCUT2D eigenvalue weighted by Crippen LogP contribution is -2.42. The van der Waals surface area contributed by atoms with E-state index in [1.54, 1.807) is 30.1 Å². The first-order valence-corrected chi connectivity index (χ1v) is 7.73. The van der Waals surface area contributed by atoms with E-state index in [9.17, 15) is 4.79 Å². The van der Waals surface area contributed by atoms with E-state index in [4.69, 9.17) is 14.3 Å². The summed E-state index contributed by atoms with van der Waals surface area (Å²) in [6.45, 7) is 1.57. The van der Waals surface area contributed by atoms with Gasteiger partial charge in [-0.3, -0.25) is 9.48 Å². The number of amides is 1. The van der Waals surface area contributed by atoms with Crippen molar-refractivity contribution in [3.05, 3.63) is 35.5 Å². The number of hydrogen-bond donors (Lipinski definition) is 2. The molecule has 3 rings (SSSR count). The molecule has 2 heterocycles. The average molecular weight is 319 g/mol. The summed E-state index contributed by atoms with van der Waals surface area (Å²) in [5.41, 5.74) is 0.717. The molecule has 1 aliphatic rings. The number of carbonyl (C=O) groups is 1. The molecule has 124 valence electrons. The van der Waals surface area contributed by atoms with Gasteiger partial charge < -0.3 is 19.6 Å². The molecule has 1 saturated carbocycles. The Morgan fingerprint density at radius 1 is 1.57 bits per heavy atom. The Labute approximate surface area is 134 Å². The minimum Gasteiger partial charge on any atom is -0.485 e. The zero-order chi connectivity index (χ0) is 16.4. The van der Waals surface area contributed by atoms with E-state index in [1.807, 2.05) is 7.05 Å². The third-order valence-corrected chi connectivity index (χ3v) is 4.07. The number of aromatic nitrogens is 2. The highest BCUT2D eigenvalue weighted by Gasteiger charge is 2.32. The summed E-state index contributed by atoms with van der Waals surface area (Å²) < 4.78 is 13.0. The lowest BCUT2D eigenvalue weighted by molar-refractivity contribution is 0.0861. The summed E-state index contributed by atoms with van der Waals surface area (Å²) in [4.78, 5) is 12.4. The van der Waals surface area contributed by atoms with Crippen LogP contribution in [0.5, 0.6) is 5.75 Å². The van der Waals surface area contributed by atoms with Crippen LogP contribution in [0.4, 0.5) is 0 Å². The Balaban J connectivity index is 1.65. The predicted octanol–water partition coefficient (Wildman–Crippen LogP) is 1.54. The van der Waals surface area contributed by atoms with Crippen LogP contribution in [0.25, 0.3) is 0 Å². The van der Waals surface area contributed by atoms with Crippen LogP contribution < -0.4 is 10.1 Å². The number of aliphatic hydroxyl groups is 1. The lowest BCUT2D eigenvalue weighted by atomic mass is 10.2. The molecule has 0 bridgehead atoms. The number of aliphatic hydroxyl groups excluding tert-OH is 1. The van der Waals surface area contributed by atoms with Gasteiger partial charge in [-0.2, -0.15) is 5.10 Å². The second-order valence-electron chi connectivity index (χ2n) is 5.90. The van der Waals surface area contributed by atoms with Crippen molar-refractivity contribution in [1.82, 2.24) is 15.1 Å². The summed E-state index contributed by atoms with van der Waals surface area (Å²) in [7, 11) is 1.83. The molecule has 1 aliphatic carbocycles. The highest BCUT2D eigenvalue weighted by atomic mass is 16.5. The molecule has 0 spiro atoms. The number of furan rings is 1. The van der Waals surface area contributed by atoms with Gasteiger partial charge in [0.2, 0.25) is 0 Å². The Kier molecular flexibility index (Phi) is 4.38. The predicted molar refractivity (Wildman–Crippen MR) is 82.1 cm³/mol. The Morgan fingerprint density at radius 2 is 2.39 bits per heavy atom. The second kappa shape index (κ2) is 6.45. The maximum absolute atomic E-state index is 12.4. The summed E-state index contributed by atoms with van der Waals surface area (Å²) in [6, 6.07) is 1.61. The number of nitrogens with one attached hydrogen (secondary N) is 1. The van der Waals surface area contributed by atoms with Crippen LogP contribution >= 0.6 is 0 Å². The van der Waals surface area contributed by atoms with Crippen LogP contribution in [0.15, 0.2) is 22.9 Å². The van der Waals surface area contributed by atoms with Gasteiger partial charge in [0, 0.05) is 12.6 Å². The smallest absolute Gasteiger partial charge is 0.287 e. The maximum Gasteiger partial charge on any atom is 0.287 e. The fourth-order valence-corrected chi connectivity index (χ4v) is 2.95. The van der Waals surface area contributed by atoms with Gasteiger partial charge in [0.15, 0.2) is 11.5 Å². The standard InChI is InChI=1S/C16H21N3O4/c1-10-6-11(9-20)23-15(10)16(21)18-13-4-3-5-14(13)22-12-7-17-19(2)8-12/h6-8,13-14,20H,3-5,9H2,1-2H3,(H,18,21)/t13-,14+/m0/s1. The molecule has 0 aromatic carbocycles. The average Bonchev–Trinajstić information content (AvgIpc) is 3.21.